The molecular formula is C19H21N3O6S. The third-order valence-electron chi connectivity index (χ3n) is 4.51. The lowest BCUT2D eigenvalue weighted by Gasteiger charge is -2.27. The first-order chi connectivity index (χ1) is 13.7. The third kappa shape index (κ3) is 4.54. The predicted molar refractivity (Wildman–Crippen MR) is 106 cm³/mol. The first-order valence-corrected chi connectivity index (χ1v) is 10.8. The number of hydrogen-bond acceptors (Lipinski definition) is 6. The summed E-state index contributed by atoms with van der Waals surface area (Å²) in [5.41, 5.74) is -0.476. The number of carbonyl (C=O) groups is 2. The van der Waals surface area contributed by atoms with Crippen LogP contribution in [0.15, 0.2) is 46.2 Å². The summed E-state index contributed by atoms with van der Waals surface area (Å²) in [6.45, 7) is 1.74. The number of sulfone groups is 1. The van der Waals surface area contributed by atoms with Crippen LogP contribution in [0.1, 0.15) is 20.7 Å². The lowest BCUT2D eigenvalue weighted by Crippen LogP contribution is -2.41. The molecule has 2 aromatic rings. The maximum atomic E-state index is 12.7. The zero-order chi connectivity index (χ0) is 21.2. The van der Waals surface area contributed by atoms with E-state index in [0.29, 0.717) is 26.3 Å². The summed E-state index contributed by atoms with van der Waals surface area (Å²) < 4.78 is 30.3. The van der Waals surface area contributed by atoms with Crippen molar-refractivity contribution in [3.05, 3.63) is 58.0 Å². The summed E-state index contributed by atoms with van der Waals surface area (Å²) in [7, 11) is -2.17. The van der Waals surface area contributed by atoms with Crippen molar-refractivity contribution in [3.8, 4) is 0 Å². The Bertz CT molecular complexity index is 1120. The van der Waals surface area contributed by atoms with Gasteiger partial charge in [-0.25, -0.2) is 8.42 Å². The zero-order valence-electron chi connectivity index (χ0n) is 16.0. The molecule has 1 N–H and O–H groups in total. The predicted octanol–water partition coefficient (Wildman–Crippen LogP) is 0.513. The molecule has 0 saturated carbocycles. The Morgan fingerprint density at radius 2 is 1.79 bits per heavy atom. The van der Waals surface area contributed by atoms with E-state index in [1.54, 1.807) is 4.90 Å². The number of aromatic nitrogens is 1. The van der Waals surface area contributed by atoms with Gasteiger partial charge in [0, 0.05) is 32.6 Å². The Hall–Kier alpha value is -2.98. The molecule has 10 heteroatoms. The Morgan fingerprint density at radius 1 is 1.14 bits per heavy atom. The molecule has 1 saturated heterocycles. The molecule has 0 unspecified atom stereocenters. The van der Waals surface area contributed by atoms with Crippen LogP contribution in [-0.2, 0) is 21.6 Å². The van der Waals surface area contributed by atoms with E-state index < -0.39 is 21.3 Å². The van der Waals surface area contributed by atoms with Crippen molar-refractivity contribution in [1.82, 2.24) is 9.47 Å². The largest absolute Gasteiger partial charge is 0.378 e. The van der Waals surface area contributed by atoms with Gasteiger partial charge in [0.15, 0.2) is 9.84 Å². The number of benzene rings is 1. The van der Waals surface area contributed by atoms with Gasteiger partial charge in [0.25, 0.3) is 17.4 Å². The number of ether oxygens (including phenoxy) is 1. The van der Waals surface area contributed by atoms with Gasteiger partial charge >= 0.3 is 0 Å². The molecule has 1 fully saturated rings. The summed E-state index contributed by atoms with van der Waals surface area (Å²) in [6, 6.07) is 7.02. The molecule has 2 amide bonds. The Morgan fingerprint density at radius 3 is 2.45 bits per heavy atom. The summed E-state index contributed by atoms with van der Waals surface area (Å²) in [4.78, 5) is 39.3. The highest BCUT2D eigenvalue weighted by Crippen LogP contribution is 2.17. The van der Waals surface area contributed by atoms with E-state index in [1.807, 2.05) is 0 Å². The van der Waals surface area contributed by atoms with Gasteiger partial charge in [0.1, 0.15) is 5.69 Å². The average molecular weight is 419 g/mol. The molecule has 2 heterocycles. The smallest absolute Gasteiger partial charge is 0.274 e. The second-order valence-electron chi connectivity index (χ2n) is 6.69. The highest BCUT2D eigenvalue weighted by Gasteiger charge is 2.22. The van der Waals surface area contributed by atoms with Gasteiger partial charge in [-0.15, -0.1) is 0 Å². The number of carbonyl (C=O) groups excluding carboxylic acids is 2. The number of rotatable bonds is 4. The number of aryl methyl sites for hydroxylation is 1. The van der Waals surface area contributed by atoms with Gasteiger partial charge in [-0.1, -0.05) is 12.1 Å². The highest BCUT2D eigenvalue weighted by atomic mass is 32.2. The van der Waals surface area contributed by atoms with Gasteiger partial charge < -0.3 is 19.5 Å². The summed E-state index contributed by atoms with van der Waals surface area (Å²) >= 11 is 0. The Kier molecular flexibility index (Phi) is 5.85. The highest BCUT2D eigenvalue weighted by molar-refractivity contribution is 7.90. The lowest BCUT2D eigenvalue weighted by atomic mass is 10.2. The van der Waals surface area contributed by atoms with E-state index >= 15 is 0 Å². The molecule has 3 rings (SSSR count). The van der Waals surface area contributed by atoms with Gasteiger partial charge in [0.2, 0.25) is 0 Å². The van der Waals surface area contributed by atoms with Crippen LogP contribution in [-0.4, -0.2) is 62.3 Å². The number of nitrogens with one attached hydrogen (secondary N) is 1. The van der Waals surface area contributed by atoms with E-state index in [1.165, 1.54) is 48.1 Å². The first-order valence-electron chi connectivity index (χ1n) is 8.86. The van der Waals surface area contributed by atoms with Crippen LogP contribution in [0.25, 0.3) is 0 Å². The second kappa shape index (κ2) is 8.18. The lowest BCUT2D eigenvalue weighted by molar-refractivity contribution is 0.0302. The number of hydrogen-bond donors (Lipinski definition) is 1. The van der Waals surface area contributed by atoms with Crippen molar-refractivity contribution in [3.63, 3.8) is 0 Å². The molecular weight excluding hydrogens is 398 g/mol. The summed E-state index contributed by atoms with van der Waals surface area (Å²) in [5.74, 6) is -1.03. The third-order valence-corrected chi connectivity index (χ3v) is 5.66. The molecule has 0 atom stereocenters. The van der Waals surface area contributed by atoms with Crippen molar-refractivity contribution in [2.75, 3.05) is 37.9 Å². The molecule has 1 aromatic carbocycles. The average Bonchev–Trinajstić information content (AvgIpc) is 2.70. The van der Waals surface area contributed by atoms with Gasteiger partial charge in [0.05, 0.1) is 29.2 Å². The van der Waals surface area contributed by atoms with Gasteiger partial charge in [-0.05, 0) is 18.2 Å². The van der Waals surface area contributed by atoms with Crippen LogP contribution in [0.2, 0.25) is 0 Å². The fourth-order valence-electron chi connectivity index (χ4n) is 3.03. The standard InChI is InChI=1S/C19H21N3O6S/c1-21-12-13(18(24)22-7-9-28-10-8-22)11-15(19(21)25)20-17(23)14-5-3-4-6-16(14)29(2,26)27/h3-6,11-12H,7-10H2,1-2H3,(H,20,23). The van der Waals surface area contributed by atoms with Crippen LogP contribution in [0.4, 0.5) is 5.69 Å². The van der Waals surface area contributed by atoms with Crippen LogP contribution in [0, 0.1) is 0 Å². The number of nitrogens with zero attached hydrogens (tertiary/aromatic N) is 2. The monoisotopic (exact) mass is 419 g/mol. The van der Waals surface area contributed by atoms with Crippen molar-refractivity contribution in [2.45, 2.75) is 4.90 Å². The minimum Gasteiger partial charge on any atom is -0.378 e. The van der Waals surface area contributed by atoms with E-state index in [-0.39, 0.29) is 27.6 Å². The molecule has 1 aromatic heterocycles. The molecule has 0 spiro atoms. The molecule has 1 aliphatic rings. The molecule has 1 aliphatic heterocycles. The van der Waals surface area contributed by atoms with E-state index in [4.69, 9.17) is 4.74 Å². The maximum Gasteiger partial charge on any atom is 0.274 e. The topological polar surface area (TPSA) is 115 Å². The quantitative estimate of drug-likeness (QED) is 0.772. The molecule has 29 heavy (non-hydrogen) atoms. The van der Waals surface area contributed by atoms with E-state index in [2.05, 4.69) is 5.32 Å². The second-order valence-corrected chi connectivity index (χ2v) is 8.67. The molecule has 0 bridgehead atoms. The number of anilines is 1. The molecule has 0 aliphatic carbocycles. The number of amides is 2. The van der Waals surface area contributed by atoms with Crippen molar-refractivity contribution in [2.24, 2.45) is 7.05 Å². The van der Waals surface area contributed by atoms with E-state index in [9.17, 15) is 22.8 Å². The van der Waals surface area contributed by atoms with Gasteiger partial charge in [-0.2, -0.15) is 0 Å². The Labute approximate surface area is 167 Å². The zero-order valence-corrected chi connectivity index (χ0v) is 16.9. The fraction of sp³-hybridized carbons (Fsp3) is 0.316. The SMILES string of the molecule is Cn1cc(C(=O)N2CCOCC2)cc(NC(=O)c2ccccc2S(C)(=O)=O)c1=O. The van der Waals surface area contributed by atoms with Crippen molar-refractivity contribution < 1.29 is 22.7 Å². The Balaban J connectivity index is 1.94. The van der Waals surface area contributed by atoms with Crippen molar-refractivity contribution >= 4 is 27.3 Å². The minimum absolute atomic E-state index is 0.0815. The minimum atomic E-state index is -3.64. The van der Waals surface area contributed by atoms with Crippen LogP contribution >= 0.6 is 0 Å². The summed E-state index contributed by atoms with van der Waals surface area (Å²) in [6.07, 6.45) is 2.40. The van der Waals surface area contributed by atoms with Crippen LogP contribution < -0.4 is 10.9 Å². The molecule has 0 radical (unpaired) electrons. The molecule has 154 valence electrons. The molecule has 9 nitrogen and oxygen atoms in total. The number of morpholine rings is 1. The van der Waals surface area contributed by atoms with E-state index in [0.717, 1.165) is 6.26 Å². The fourth-order valence-corrected chi connectivity index (χ4v) is 3.92. The first kappa shape index (κ1) is 20.7. The van der Waals surface area contributed by atoms with Gasteiger partial charge in [-0.3, -0.25) is 14.4 Å². The van der Waals surface area contributed by atoms with Crippen LogP contribution in [0.5, 0.6) is 0 Å². The number of pyridine rings is 1. The van der Waals surface area contributed by atoms with Crippen LogP contribution in [0.3, 0.4) is 0 Å². The van der Waals surface area contributed by atoms with Crippen molar-refractivity contribution in [1.29, 1.82) is 0 Å². The maximum absolute atomic E-state index is 12.7. The summed E-state index contributed by atoms with van der Waals surface area (Å²) in [5, 5.41) is 2.45. The normalized spacial score (nSPS) is 14.5.